The molecule has 0 spiro atoms. The van der Waals surface area contributed by atoms with Gasteiger partial charge in [-0.2, -0.15) is 0 Å². The lowest BCUT2D eigenvalue weighted by molar-refractivity contribution is 0.350. The Bertz CT molecular complexity index is 217. The molecule has 0 aromatic heterocycles. The van der Waals surface area contributed by atoms with E-state index in [0.29, 0.717) is 5.75 Å². The van der Waals surface area contributed by atoms with E-state index in [1.807, 2.05) is 0 Å². The second kappa shape index (κ2) is 4.61. The molecule has 0 aliphatic carbocycles. The lowest BCUT2D eigenvalue weighted by Gasteiger charge is -2.24. The third-order valence-corrected chi connectivity index (χ3v) is 4.55. The van der Waals surface area contributed by atoms with Crippen molar-refractivity contribution < 1.29 is 8.42 Å². The van der Waals surface area contributed by atoms with Gasteiger partial charge in [0.1, 0.15) is 9.84 Å². The summed E-state index contributed by atoms with van der Waals surface area (Å²) in [6.07, 6.45) is 3.04. The Balaban J connectivity index is 4.07. The highest BCUT2D eigenvalue weighted by atomic mass is 79.9. The molecule has 2 nitrogen and oxygen atoms in total. The Kier molecular flexibility index (Phi) is 4.77. The standard InChI is InChI=1S/C8H17BrO2S/c1-4-8(2,7-9)5-6-12(3,10)11/h4-7H2,1-3H3. The van der Waals surface area contributed by atoms with Crippen molar-refractivity contribution in [3.05, 3.63) is 0 Å². The summed E-state index contributed by atoms with van der Waals surface area (Å²) in [7, 11) is -2.80. The topological polar surface area (TPSA) is 34.1 Å². The number of hydrogen-bond donors (Lipinski definition) is 0. The summed E-state index contributed by atoms with van der Waals surface area (Å²) < 4.78 is 21.8. The van der Waals surface area contributed by atoms with Gasteiger partial charge in [0.05, 0.1) is 5.75 Å². The molecule has 0 radical (unpaired) electrons. The average molecular weight is 257 g/mol. The smallest absolute Gasteiger partial charge is 0.147 e. The summed E-state index contributed by atoms with van der Waals surface area (Å²) in [6.45, 7) is 4.19. The van der Waals surface area contributed by atoms with Crippen LogP contribution in [0.15, 0.2) is 0 Å². The highest BCUT2D eigenvalue weighted by Gasteiger charge is 2.21. The molecule has 1 unspecified atom stereocenters. The maximum atomic E-state index is 10.9. The minimum atomic E-state index is -2.80. The van der Waals surface area contributed by atoms with Gasteiger partial charge in [0, 0.05) is 11.6 Å². The van der Waals surface area contributed by atoms with Crippen molar-refractivity contribution in [1.82, 2.24) is 0 Å². The van der Waals surface area contributed by atoms with Gasteiger partial charge in [-0.25, -0.2) is 8.42 Å². The summed E-state index contributed by atoms with van der Waals surface area (Å²) in [6, 6.07) is 0. The molecule has 0 saturated heterocycles. The summed E-state index contributed by atoms with van der Waals surface area (Å²) in [5.74, 6) is 0.295. The zero-order valence-electron chi connectivity index (χ0n) is 7.93. The third-order valence-electron chi connectivity index (χ3n) is 2.25. The molecule has 0 fully saturated rings. The predicted octanol–water partition coefficient (Wildman–Crippen LogP) is 2.23. The normalized spacial score (nSPS) is 17.3. The number of halogens is 1. The molecule has 0 amide bonds. The van der Waals surface area contributed by atoms with E-state index in [9.17, 15) is 8.42 Å². The predicted molar refractivity (Wildman–Crippen MR) is 56.5 cm³/mol. The van der Waals surface area contributed by atoms with Crippen LogP contribution in [0.2, 0.25) is 0 Å². The average Bonchev–Trinajstić information content (AvgIpc) is 1.99. The number of rotatable bonds is 5. The van der Waals surface area contributed by atoms with E-state index in [4.69, 9.17) is 0 Å². The van der Waals surface area contributed by atoms with Crippen LogP contribution < -0.4 is 0 Å². The van der Waals surface area contributed by atoms with E-state index in [0.717, 1.165) is 18.2 Å². The zero-order chi connectivity index (χ0) is 9.83. The maximum absolute atomic E-state index is 10.9. The first-order chi connectivity index (χ1) is 5.33. The van der Waals surface area contributed by atoms with Gasteiger partial charge in [0.15, 0.2) is 0 Å². The van der Waals surface area contributed by atoms with Crippen molar-refractivity contribution in [3.63, 3.8) is 0 Å². The van der Waals surface area contributed by atoms with Crippen LogP contribution in [0.25, 0.3) is 0 Å². The minimum absolute atomic E-state index is 0.128. The van der Waals surface area contributed by atoms with E-state index in [2.05, 4.69) is 29.8 Å². The Morgan fingerprint density at radius 1 is 1.42 bits per heavy atom. The first-order valence-corrected chi connectivity index (χ1v) is 7.25. The Morgan fingerprint density at radius 3 is 2.17 bits per heavy atom. The van der Waals surface area contributed by atoms with Crippen LogP contribution in [0.4, 0.5) is 0 Å². The summed E-state index contributed by atoms with van der Waals surface area (Å²) >= 11 is 3.41. The molecular weight excluding hydrogens is 240 g/mol. The van der Waals surface area contributed by atoms with E-state index >= 15 is 0 Å². The van der Waals surface area contributed by atoms with Gasteiger partial charge in [-0.1, -0.05) is 29.8 Å². The number of hydrogen-bond acceptors (Lipinski definition) is 2. The second-order valence-electron chi connectivity index (χ2n) is 3.68. The first kappa shape index (κ1) is 12.4. The quantitative estimate of drug-likeness (QED) is 0.708. The van der Waals surface area contributed by atoms with E-state index in [1.54, 1.807) is 0 Å². The van der Waals surface area contributed by atoms with Gasteiger partial charge in [-0.05, 0) is 18.3 Å². The number of alkyl halides is 1. The van der Waals surface area contributed by atoms with Gasteiger partial charge in [0.2, 0.25) is 0 Å². The van der Waals surface area contributed by atoms with Crippen molar-refractivity contribution in [2.45, 2.75) is 26.7 Å². The summed E-state index contributed by atoms with van der Waals surface area (Å²) in [5, 5.41) is 0.867. The second-order valence-corrected chi connectivity index (χ2v) is 6.50. The lowest BCUT2D eigenvalue weighted by Crippen LogP contribution is -2.21. The van der Waals surface area contributed by atoms with Gasteiger partial charge in [-0.15, -0.1) is 0 Å². The molecule has 74 valence electrons. The van der Waals surface area contributed by atoms with Crippen molar-refractivity contribution in [3.8, 4) is 0 Å². The van der Waals surface area contributed by atoms with Crippen LogP contribution in [0.5, 0.6) is 0 Å². The Hall–Kier alpha value is 0.430. The maximum Gasteiger partial charge on any atom is 0.147 e. The van der Waals surface area contributed by atoms with Crippen molar-refractivity contribution in [2.75, 3.05) is 17.3 Å². The van der Waals surface area contributed by atoms with Gasteiger partial charge >= 0.3 is 0 Å². The van der Waals surface area contributed by atoms with Crippen molar-refractivity contribution >= 4 is 25.8 Å². The third kappa shape index (κ3) is 5.14. The zero-order valence-corrected chi connectivity index (χ0v) is 10.3. The molecule has 0 heterocycles. The fraction of sp³-hybridized carbons (Fsp3) is 1.00. The molecule has 4 heteroatoms. The molecule has 0 bridgehead atoms. The van der Waals surface area contributed by atoms with E-state index in [1.165, 1.54) is 6.26 Å². The fourth-order valence-corrected chi connectivity index (χ4v) is 2.31. The van der Waals surface area contributed by atoms with Crippen LogP contribution in [-0.2, 0) is 9.84 Å². The molecule has 0 aromatic carbocycles. The highest BCUT2D eigenvalue weighted by Crippen LogP contribution is 2.28. The van der Waals surface area contributed by atoms with Gasteiger partial charge < -0.3 is 0 Å². The van der Waals surface area contributed by atoms with Crippen molar-refractivity contribution in [2.24, 2.45) is 5.41 Å². The molecule has 0 aliphatic rings. The summed E-state index contributed by atoms with van der Waals surface area (Å²) in [4.78, 5) is 0. The molecule has 0 saturated carbocycles. The Labute approximate surface area is 83.8 Å². The fourth-order valence-electron chi connectivity index (χ4n) is 0.770. The Morgan fingerprint density at radius 2 is 1.92 bits per heavy atom. The SMILES string of the molecule is CCC(C)(CBr)CCS(C)(=O)=O. The van der Waals surface area contributed by atoms with Crippen LogP contribution in [0, 0.1) is 5.41 Å². The van der Waals surface area contributed by atoms with Crippen LogP contribution in [0.1, 0.15) is 26.7 Å². The summed E-state index contributed by atoms with van der Waals surface area (Å²) in [5.41, 5.74) is 0.128. The molecule has 1 atom stereocenters. The molecular formula is C8H17BrO2S. The first-order valence-electron chi connectivity index (χ1n) is 4.07. The highest BCUT2D eigenvalue weighted by molar-refractivity contribution is 9.09. The van der Waals surface area contributed by atoms with Crippen molar-refractivity contribution in [1.29, 1.82) is 0 Å². The largest absolute Gasteiger partial charge is 0.229 e. The van der Waals surface area contributed by atoms with Crippen LogP contribution >= 0.6 is 15.9 Å². The minimum Gasteiger partial charge on any atom is -0.229 e. The molecule has 0 rings (SSSR count). The lowest BCUT2D eigenvalue weighted by atomic mass is 9.87. The molecule has 0 N–H and O–H groups in total. The van der Waals surface area contributed by atoms with Gasteiger partial charge in [0.25, 0.3) is 0 Å². The van der Waals surface area contributed by atoms with E-state index < -0.39 is 9.84 Å². The van der Waals surface area contributed by atoms with Crippen LogP contribution in [0.3, 0.4) is 0 Å². The van der Waals surface area contributed by atoms with E-state index in [-0.39, 0.29) is 5.41 Å². The van der Waals surface area contributed by atoms with Crippen LogP contribution in [-0.4, -0.2) is 25.8 Å². The number of sulfone groups is 1. The van der Waals surface area contributed by atoms with Gasteiger partial charge in [-0.3, -0.25) is 0 Å². The molecule has 12 heavy (non-hydrogen) atoms. The monoisotopic (exact) mass is 256 g/mol. The molecule has 0 aromatic rings. The molecule has 0 aliphatic heterocycles.